The van der Waals surface area contributed by atoms with Gasteiger partial charge in [-0.3, -0.25) is 0 Å². The number of benzene rings is 2. The van der Waals surface area contributed by atoms with Crippen molar-refractivity contribution in [2.24, 2.45) is 5.41 Å². The fourth-order valence-corrected chi connectivity index (χ4v) is 2.40. The minimum absolute atomic E-state index is 0.0220. The summed E-state index contributed by atoms with van der Waals surface area (Å²) in [6, 6.07) is 16.6. The third-order valence-electron chi connectivity index (χ3n) is 3.75. The standard InChI is InChI=1S/C18H22FNO/c1-18(2,13-21)17(15-6-4-3-5-7-15)20-12-14-8-10-16(19)11-9-14/h3-11,17,20-21H,12-13H2,1-2H3/t17-/m0/s1. The number of nitrogens with one attached hydrogen (secondary N) is 1. The van der Waals surface area contributed by atoms with E-state index in [9.17, 15) is 9.50 Å². The second-order valence-electron chi connectivity index (χ2n) is 6.00. The Labute approximate surface area is 125 Å². The fraction of sp³-hybridized carbons (Fsp3) is 0.333. The second-order valence-corrected chi connectivity index (χ2v) is 6.00. The number of aliphatic hydroxyl groups excluding tert-OH is 1. The molecule has 0 amide bonds. The van der Waals surface area contributed by atoms with Gasteiger partial charge in [0.15, 0.2) is 0 Å². The molecule has 112 valence electrons. The minimum Gasteiger partial charge on any atom is -0.396 e. The van der Waals surface area contributed by atoms with Crippen molar-refractivity contribution in [2.45, 2.75) is 26.4 Å². The van der Waals surface area contributed by atoms with Gasteiger partial charge < -0.3 is 10.4 Å². The monoisotopic (exact) mass is 287 g/mol. The number of hydrogen-bond acceptors (Lipinski definition) is 2. The Bertz CT molecular complexity index is 551. The first-order chi connectivity index (χ1) is 10.0. The zero-order valence-corrected chi connectivity index (χ0v) is 12.5. The van der Waals surface area contributed by atoms with E-state index < -0.39 is 0 Å². The molecule has 0 radical (unpaired) electrons. The van der Waals surface area contributed by atoms with E-state index in [-0.39, 0.29) is 23.9 Å². The van der Waals surface area contributed by atoms with Crippen molar-refractivity contribution in [1.29, 1.82) is 0 Å². The van der Waals surface area contributed by atoms with Gasteiger partial charge in [-0.15, -0.1) is 0 Å². The third-order valence-corrected chi connectivity index (χ3v) is 3.75. The van der Waals surface area contributed by atoms with Gasteiger partial charge in [0.05, 0.1) is 0 Å². The molecular weight excluding hydrogens is 265 g/mol. The molecule has 0 spiro atoms. The first-order valence-electron chi connectivity index (χ1n) is 7.16. The van der Waals surface area contributed by atoms with Crippen LogP contribution in [0, 0.1) is 11.2 Å². The van der Waals surface area contributed by atoms with Gasteiger partial charge in [-0.25, -0.2) is 4.39 Å². The van der Waals surface area contributed by atoms with Crippen LogP contribution in [0.4, 0.5) is 4.39 Å². The highest BCUT2D eigenvalue weighted by molar-refractivity contribution is 5.22. The van der Waals surface area contributed by atoms with Crippen LogP contribution >= 0.6 is 0 Å². The van der Waals surface area contributed by atoms with Crippen molar-refractivity contribution < 1.29 is 9.50 Å². The molecule has 3 heteroatoms. The van der Waals surface area contributed by atoms with Crippen LogP contribution in [0.2, 0.25) is 0 Å². The molecule has 0 fully saturated rings. The lowest BCUT2D eigenvalue weighted by Crippen LogP contribution is -2.36. The molecule has 0 heterocycles. The molecule has 0 bridgehead atoms. The molecule has 0 saturated heterocycles. The summed E-state index contributed by atoms with van der Waals surface area (Å²) in [5.74, 6) is -0.228. The molecular formula is C18H22FNO. The van der Waals surface area contributed by atoms with Crippen LogP contribution in [0.1, 0.15) is 31.0 Å². The average molecular weight is 287 g/mol. The third kappa shape index (κ3) is 4.13. The van der Waals surface area contributed by atoms with Crippen molar-refractivity contribution >= 4 is 0 Å². The number of aliphatic hydroxyl groups is 1. The van der Waals surface area contributed by atoms with Crippen molar-refractivity contribution in [3.8, 4) is 0 Å². The summed E-state index contributed by atoms with van der Waals surface area (Å²) in [7, 11) is 0. The summed E-state index contributed by atoms with van der Waals surface area (Å²) in [6.45, 7) is 4.77. The molecule has 0 unspecified atom stereocenters. The summed E-state index contributed by atoms with van der Waals surface area (Å²) in [6.07, 6.45) is 0. The van der Waals surface area contributed by atoms with Gasteiger partial charge in [-0.2, -0.15) is 0 Å². The molecule has 2 rings (SSSR count). The van der Waals surface area contributed by atoms with Gasteiger partial charge >= 0.3 is 0 Å². The lowest BCUT2D eigenvalue weighted by atomic mass is 9.81. The minimum atomic E-state index is -0.290. The van der Waals surface area contributed by atoms with Crippen molar-refractivity contribution in [3.05, 3.63) is 71.5 Å². The van der Waals surface area contributed by atoms with Crippen LogP contribution < -0.4 is 5.32 Å². The summed E-state index contributed by atoms with van der Waals surface area (Å²) in [5, 5.41) is 13.2. The molecule has 1 atom stereocenters. The van der Waals surface area contributed by atoms with Gasteiger partial charge in [-0.05, 0) is 23.3 Å². The van der Waals surface area contributed by atoms with E-state index in [0.29, 0.717) is 6.54 Å². The highest BCUT2D eigenvalue weighted by atomic mass is 19.1. The van der Waals surface area contributed by atoms with E-state index in [0.717, 1.165) is 11.1 Å². The zero-order valence-electron chi connectivity index (χ0n) is 12.5. The van der Waals surface area contributed by atoms with E-state index in [4.69, 9.17) is 0 Å². The van der Waals surface area contributed by atoms with E-state index in [1.54, 1.807) is 12.1 Å². The molecule has 0 aliphatic rings. The highest BCUT2D eigenvalue weighted by Gasteiger charge is 2.29. The van der Waals surface area contributed by atoms with Crippen LogP contribution in [0.25, 0.3) is 0 Å². The Morgan fingerprint density at radius 1 is 1.05 bits per heavy atom. The largest absolute Gasteiger partial charge is 0.396 e. The SMILES string of the molecule is CC(C)(CO)[C@@H](NCc1ccc(F)cc1)c1ccccc1. The molecule has 2 aromatic carbocycles. The molecule has 0 saturated carbocycles. The first-order valence-corrected chi connectivity index (χ1v) is 7.16. The quantitative estimate of drug-likeness (QED) is 0.849. The Morgan fingerprint density at radius 3 is 2.24 bits per heavy atom. The summed E-state index contributed by atoms with van der Waals surface area (Å²) in [5.41, 5.74) is 1.87. The predicted molar refractivity (Wildman–Crippen MR) is 83.3 cm³/mol. The van der Waals surface area contributed by atoms with E-state index >= 15 is 0 Å². The summed E-state index contributed by atoms with van der Waals surface area (Å²) >= 11 is 0. The van der Waals surface area contributed by atoms with Crippen molar-refractivity contribution in [1.82, 2.24) is 5.32 Å². The normalized spacial score (nSPS) is 13.1. The van der Waals surface area contributed by atoms with Crippen LogP contribution in [0.3, 0.4) is 0 Å². The maximum atomic E-state index is 12.9. The maximum absolute atomic E-state index is 12.9. The number of rotatable bonds is 6. The Hall–Kier alpha value is -1.71. The molecule has 2 N–H and O–H groups in total. The first kappa shape index (κ1) is 15.7. The van der Waals surface area contributed by atoms with Gasteiger partial charge in [0.1, 0.15) is 5.82 Å². The molecule has 0 aliphatic heterocycles. The maximum Gasteiger partial charge on any atom is 0.123 e. The Balaban J connectivity index is 2.15. The molecule has 21 heavy (non-hydrogen) atoms. The fourth-order valence-electron chi connectivity index (χ4n) is 2.40. The highest BCUT2D eigenvalue weighted by Crippen LogP contribution is 2.33. The predicted octanol–water partition coefficient (Wildman–Crippen LogP) is 3.68. The molecule has 0 aliphatic carbocycles. The lowest BCUT2D eigenvalue weighted by molar-refractivity contribution is 0.114. The second kappa shape index (κ2) is 6.83. The van der Waals surface area contributed by atoms with Crippen LogP contribution in [0.15, 0.2) is 54.6 Å². The Kier molecular flexibility index (Phi) is 5.10. The van der Waals surface area contributed by atoms with Crippen molar-refractivity contribution in [3.63, 3.8) is 0 Å². The van der Waals surface area contributed by atoms with Crippen LogP contribution in [-0.4, -0.2) is 11.7 Å². The zero-order chi connectivity index (χ0) is 15.3. The smallest absolute Gasteiger partial charge is 0.123 e. The van der Waals surface area contributed by atoms with Crippen LogP contribution in [0.5, 0.6) is 0 Å². The van der Waals surface area contributed by atoms with E-state index in [2.05, 4.69) is 17.4 Å². The molecule has 0 aromatic heterocycles. The van der Waals surface area contributed by atoms with Gasteiger partial charge in [0, 0.05) is 24.6 Å². The van der Waals surface area contributed by atoms with Gasteiger partial charge in [-0.1, -0.05) is 56.3 Å². The summed E-state index contributed by atoms with van der Waals surface area (Å²) < 4.78 is 12.9. The molecule has 2 nitrogen and oxygen atoms in total. The lowest BCUT2D eigenvalue weighted by Gasteiger charge is -2.34. The number of halogens is 1. The van der Waals surface area contributed by atoms with Crippen molar-refractivity contribution in [2.75, 3.05) is 6.61 Å². The van der Waals surface area contributed by atoms with Gasteiger partial charge in [0.2, 0.25) is 0 Å². The van der Waals surface area contributed by atoms with Gasteiger partial charge in [0.25, 0.3) is 0 Å². The number of hydrogen-bond donors (Lipinski definition) is 2. The summed E-state index contributed by atoms with van der Waals surface area (Å²) in [4.78, 5) is 0. The average Bonchev–Trinajstić information content (AvgIpc) is 2.50. The topological polar surface area (TPSA) is 32.3 Å². The Morgan fingerprint density at radius 2 is 1.67 bits per heavy atom. The van der Waals surface area contributed by atoms with E-state index in [1.165, 1.54) is 12.1 Å². The molecule has 2 aromatic rings. The van der Waals surface area contributed by atoms with Crippen LogP contribution in [-0.2, 0) is 6.54 Å². The van der Waals surface area contributed by atoms with E-state index in [1.807, 2.05) is 32.0 Å².